The van der Waals surface area contributed by atoms with Gasteiger partial charge < -0.3 is 9.88 Å². The Morgan fingerprint density at radius 2 is 1.90 bits per heavy atom. The molecule has 5 nitrogen and oxygen atoms in total. The van der Waals surface area contributed by atoms with Crippen molar-refractivity contribution in [1.82, 2.24) is 14.8 Å². The largest absolute Gasteiger partial charge is 0.416 e. The van der Waals surface area contributed by atoms with Gasteiger partial charge in [0, 0.05) is 17.1 Å². The molecule has 0 aliphatic heterocycles. The first-order valence-corrected chi connectivity index (χ1v) is 10.3. The van der Waals surface area contributed by atoms with Crippen LogP contribution in [0.5, 0.6) is 0 Å². The number of amides is 1. The average molecular weight is 506 g/mol. The van der Waals surface area contributed by atoms with Crippen molar-refractivity contribution in [1.29, 1.82) is 0 Å². The van der Waals surface area contributed by atoms with Crippen molar-refractivity contribution in [3.63, 3.8) is 0 Å². The number of nitrogens with one attached hydrogen (secondary N) is 1. The lowest BCUT2D eigenvalue weighted by atomic mass is 10.2. The Labute approximate surface area is 181 Å². The van der Waals surface area contributed by atoms with Crippen molar-refractivity contribution in [3.8, 4) is 11.4 Å². The Hall–Kier alpha value is -2.04. The highest BCUT2D eigenvalue weighted by atomic mass is 79.9. The van der Waals surface area contributed by atoms with Crippen LogP contribution in [0.3, 0.4) is 0 Å². The minimum Gasteiger partial charge on any atom is -0.324 e. The molecule has 1 heterocycles. The Bertz CT molecular complexity index is 1040. The molecule has 0 bridgehead atoms. The third-order valence-corrected chi connectivity index (χ3v) is 5.72. The zero-order chi connectivity index (χ0) is 21.2. The number of anilines is 1. The number of thioether (sulfide) groups is 1. The van der Waals surface area contributed by atoms with Crippen molar-refractivity contribution in [3.05, 3.63) is 57.5 Å². The van der Waals surface area contributed by atoms with E-state index >= 15 is 0 Å². The van der Waals surface area contributed by atoms with Gasteiger partial charge in [-0.1, -0.05) is 51.4 Å². The Morgan fingerprint density at radius 1 is 1.21 bits per heavy atom. The Kier molecular flexibility index (Phi) is 6.55. The summed E-state index contributed by atoms with van der Waals surface area (Å²) in [5, 5.41) is 11.1. The molecule has 3 aromatic rings. The summed E-state index contributed by atoms with van der Waals surface area (Å²) in [6.07, 6.45) is -4.53. The van der Waals surface area contributed by atoms with Gasteiger partial charge in [0.2, 0.25) is 5.91 Å². The maximum atomic E-state index is 12.8. The van der Waals surface area contributed by atoms with Crippen molar-refractivity contribution in [2.45, 2.75) is 11.3 Å². The summed E-state index contributed by atoms with van der Waals surface area (Å²) in [7, 11) is 1.77. The van der Waals surface area contributed by atoms with Crippen LogP contribution in [-0.2, 0) is 18.0 Å². The zero-order valence-electron chi connectivity index (χ0n) is 14.8. The summed E-state index contributed by atoms with van der Waals surface area (Å²) >= 11 is 10.4. The number of hydrogen-bond acceptors (Lipinski definition) is 4. The SMILES string of the molecule is Cn1c(SCC(=O)Nc2cc(C(F)(F)F)ccc2Cl)nnc1-c1ccc(Br)cc1. The van der Waals surface area contributed by atoms with Crippen molar-refractivity contribution in [2.75, 3.05) is 11.1 Å². The van der Waals surface area contributed by atoms with Gasteiger partial charge in [0.1, 0.15) is 0 Å². The summed E-state index contributed by atoms with van der Waals surface area (Å²) in [6.45, 7) is 0. The molecule has 0 saturated heterocycles. The first kappa shape index (κ1) is 21.7. The fourth-order valence-electron chi connectivity index (χ4n) is 2.40. The molecule has 152 valence electrons. The number of alkyl halides is 3. The van der Waals surface area contributed by atoms with Gasteiger partial charge in [-0.2, -0.15) is 13.2 Å². The second kappa shape index (κ2) is 8.76. The molecule has 2 aromatic carbocycles. The molecule has 0 unspecified atom stereocenters. The minimum atomic E-state index is -4.53. The van der Waals surface area contributed by atoms with Gasteiger partial charge in [0.05, 0.1) is 22.0 Å². The molecule has 29 heavy (non-hydrogen) atoms. The van der Waals surface area contributed by atoms with E-state index in [9.17, 15) is 18.0 Å². The van der Waals surface area contributed by atoms with Gasteiger partial charge in [-0.25, -0.2) is 0 Å². The van der Waals surface area contributed by atoms with Crippen molar-refractivity contribution < 1.29 is 18.0 Å². The Morgan fingerprint density at radius 3 is 2.55 bits per heavy atom. The molecule has 0 saturated carbocycles. The van der Waals surface area contributed by atoms with Crippen molar-refractivity contribution >= 4 is 50.9 Å². The minimum absolute atomic E-state index is 0.0209. The fourth-order valence-corrected chi connectivity index (χ4v) is 3.54. The summed E-state index contributed by atoms with van der Waals surface area (Å²) < 4.78 is 41.2. The highest BCUT2D eigenvalue weighted by Crippen LogP contribution is 2.34. The number of carbonyl (C=O) groups excluding carboxylic acids is 1. The van der Waals surface area contributed by atoms with E-state index in [1.165, 1.54) is 0 Å². The molecule has 11 heteroatoms. The van der Waals surface area contributed by atoms with E-state index < -0.39 is 17.6 Å². The lowest BCUT2D eigenvalue weighted by Crippen LogP contribution is -2.16. The van der Waals surface area contributed by atoms with Gasteiger partial charge in [0.25, 0.3) is 0 Å². The fraction of sp³-hybridized carbons (Fsp3) is 0.167. The van der Waals surface area contributed by atoms with E-state index in [1.807, 2.05) is 24.3 Å². The molecular formula is C18H13BrClF3N4OS. The van der Waals surface area contributed by atoms with E-state index in [1.54, 1.807) is 11.6 Å². The second-order valence-electron chi connectivity index (χ2n) is 5.90. The van der Waals surface area contributed by atoms with Crippen LogP contribution in [0.4, 0.5) is 18.9 Å². The van der Waals surface area contributed by atoms with Crippen LogP contribution >= 0.6 is 39.3 Å². The number of nitrogens with zero attached hydrogens (tertiary/aromatic N) is 3. The Balaban J connectivity index is 1.67. The molecule has 3 rings (SSSR count). The van der Waals surface area contributed by atoms with Gasteiger partial charge in [-0.05, 0) is 30.3 Å². The number of rotatable bonds is 5. The van der Waals surface area contributed by atoms with Gasteiger partial charge >= 0.3 is 6.18 Å². The predicted molar refractivity (Wildman–Crippen MR) is 110 cm³/mol. The quantitative estimate of drug-likeness (QED) is 0.456. The topological polar surface area (TPSA) is 59.8 Å². The van der Waals surface area contributed by atoms with Crippen LogP contribution in [0.2, 0.25) is 5.02 Å². The smallest absolute Gasteiger partial charge is 0.324 e. The molecule has 0 fully saturated rings. The molecule has 1 aromatic heterocycles. The molecule has 0 radical (unpaired) electrons. The molecule has 0 atom stereocenters. The van der Waals surface area contributed by atoms with Crippen LogP contribution in [0, 0.1) is 0 Å². The first-order valence-electron chi connectivity index (χ1n) is 8.10. The van der Waals surface area contributed by atoms with Crippen LogP contribution in [-0.4, -0.2) is 26.4 Å². The molecule has 0 aliphatic rings. The van der Waals surface area contributed by atoms with E-state index in [0.29, 0.717) is 11.0 Å². The van der Waals surface area contributed by atoms with Crippen LogP contribution in [0.15, 0.2) is 52.1 Å². The summed E-state index contributed by atoms with van der Waals surface area (Å²) in [5.74, 6) is 0.0459. The van der Waals surface area contributed by atoms with E-state index in [4.69, 9.17) is 11.6 Å². The number of aromatic nitrogens is 3. The normalized spacial score (nSPS) is 11.5. The third-order valence-electron chi connectivity index (χ3n) is 3.84. The van der Waals surface area contributed by atoms with Crippen LogP contribution in [0.1, 0.15) is 5.56 Å². The van der Waals surface area contributed by atoms with Crippen LogP contribution < -0.4 is 5.32 Å². The lowest BCUT2D eigenvalue weighted by Gasteiger charge is -2.11. The third kappa shape index (κ3) is 5.31. The lowest BCUT2D eigenvalue weighted by molar-refractivity contribution is -0.137. The zero-order valence-corrected chi connectivity index (χ0v) is 18.0. The van der Waals surface area contributed by atoms with Crippen molar-refractivity contribution in [2.24, 2.45) is 7.05 Å². The molecular weight excluding hydrogens is 493 g/mol. The highest BCUT2D eigenvalue weighted by Gasteiger charge is 2.31. The molecule has 1 N–H and O–H groups in total. The monoisotopic (exact) mass is 504 g/mol. The van der Waals surface area contributed by atoms with E-state index in [0.717, 1.165) is 40.0 Å². The maximum absolute atomic E-state index is 12.8. The summed E-state index contributed by atoms with van der Waals surface area (Å²) in [6, 6.07) is 10.3. The number of carbonyl (C=O) groups is 1. The van der Waals surface area contributed by atoms with Crippen LogP contribution in [0.25, 0.3) is 11.4 Å². The highest BCUT2D eigenvalue weighted by molar-refractivity contribution is 9.10. The second-order valence-corrected chi connectivity index (χ2v) is 8.17. The van der Waals surface area contributed by atoms with E-state index in [-0.39, 0.29) is 16.5 Å². The van der Waals surface area contributed by atoms with E-state index in [2.05, 4.69) is 31.4 Å². The van der Waals surface area contributed by atoms with Gasteiger partial charge in [-0.3, -0.25) is 4.79 Å². The average Bonchev–Trinajstić information content (AvgIpc) is 3.02. The summed E-state index contributed by atoms with van der Waals surface area (Å²) in [5.41, 5.74) is -0.131. The van der Waals surface area contributed by atoms with Gasteiger partial charge in [-0.15, -0.1) is 10.2 Å². The molecule has 0 aliphatic carbocycles. The molecule has 0 spiro atoms. The summed E-state index contributed by atoms with van der Waals surface area (Å²) in [4.78, 5) is 12.2. The standard InChI is InChI=1S/C18H13BrClF3N4OS/c1-27-16(10-2-5-12(19)6-3-10)25-26-17(27)29-9-15(28)24-14-8-11(18(21,22)23)4-7-13(14)20/h2-8H,9H2,1H3,(H,24,28). The van der Waals surface area contributed by atoms with Gasteiger partial charge in [0.15, 0.2) is 11.0 Å². The molecule has 1 amide bonds. The number of hydrogen-bond donors (Lipinski definition) is 1. The number of halogens is 5. The predicted octanol–water partition coefficient (Wildman–Crippen LogP) is 5.65. The number of benzene rings is 2. The first-order chi connectivity index (χ1) is 13.6. The maximum Gasteiger partial charge on any atom is 0.416 e.